The molecule has 0 radical (unpaired) electrons. The highest BCUT2D eigenvalue weighted by Crippen LogP contribution is 2.12. The third kappa shape index (κ3) is 5.75. The van der Waals surface area contributed by atoms with Crippen LogP contribution in [0.3, 0.4) is 0 Å². The largest absolute Gasteiger partial charge is 0.497 e. The minimum Gasteiger partial charge on any atom is -0.497 e. The van der Waals surface area contributed by atoms with E-state index in [1.54, 1.807) is 62.5 Å². The van der Waals surface area contributed by atoms with Crippen LogP contribution in [-0.2, 0) is 11.8 Å². The van der Waals surface area contributed by atoms with Crippen molar-refractivity contribution in [3.05, 3.63) is 47.8 Å². The third-order valence-electron chi connectivity index (χ3n) is 3.65. The maximum atomic E-state index is 12.2. The lowest BCUT2D eigenvalue weighted by atomic mass is 10.1. The Morgan fingerprint density at radius 1 is 1.27 bits per heavy atom. The summed E-state index contributed by atoms with van der Waals surface area (Å²) in [6, 6.07) is 6.40. The van der Waals surface area contributed by atoms with Gasteiger partial charge in [0.05, 0.1) is 13.3 Å². The molecule has 1 unspecified atom stereocenters. The van der Waals surface area contributed by atoms with Crippen LogP contribution in [-0.4, -0.2) is 48.8 Å². The molecule has 1 atom stereocenters. The summed E-state index contributed by atoms with van der Waals surface area (Å²) >= 11 is 0. The molecule has 2 aromatic rings. The van der Waals surface area contributed by atoms with Gasteiger partial charge in [-0.1, -0.05) is 6.07 Å². The van der Waals surface area contributed by atoms with Crippen LogP contribution >= 0.6 is 12.4 Å². The van der Waals surface area contributed by atoms with Crippen molar-refractivity contribution in [2.24, 2.45) is 7.05 Å². The molecule has 142 valence electrons. The number of aryl methyl sites for hydroxylation is 1. The molecule has 9 heteroatoms. The van der Waals surface area contributed by atoms with Gasteiger partial charge in [0.15, 0.2) is 0 Å². The number of methoxy groups -OCH3 is 1. The number of nitrogens with one attached hydrogen (secondary N) is 3. The Labute approximate surface area is 158 Å². The molecule has 3 N–H and O–H groups in total. The first-order chi connectivity index (χ1) is 12.0. The van der Waals surface area contributed by atoms with Gasteiger partial charge in [-0.05, 0) is 25.2 Å². The van der Waals surface area contributed by atoms with Crippen LogP contribution in [0.4, 0.5) is 0 Å². The molecule has 0 fully saturated rings. The van der Waals surface area contributed by atoms with E-state index in [4.69, 9.17) is 4.74 Å². The lowest BCUT2D eigenvalue weighted by molar-refractivity contribution is -0.123. The van der Waals surface area contributed by atoms with Crippen LogP contribution in [0.25, 0.3) is 0 Å². The topological polar surface area (TPSA) is 97.3 Å². The fourth-order valence-corrected chi connectivity index (χ4v) is 2.37. The van der Waals surface area contributed by atoms with Gasteiger partial charge in [-0.15, -0.1) is 12.4 Å². The van der Waals surface area contributed by atoms with E-state index in [1.165, 1.54) is 0 Å². The van der Waals surface area contributed by atoms with E-state index in [2.05, 4.69) is 21.0 Å². The first-order valence-corrected chi connectivity index (χ1v) is 7.91. The molecule has 0 bridgehead atoms. The van der Waals surface area contributed by atoms with Gasteiger partial charge in [-0.25, -0.2) is 0 Å². The number of halogens is 1. The molecular weight excluding hydrogens is 358 g/mol. The van der Waals surface area contributed by atoms with Gasteiger partial charge in [0.25, 0.3) is 5.91 Å². The maximum Gasteiger partial charge on any atom is 0.251 e. The van der Waals surface area contributed by atoms with Crippen molar-refractivity contribution in [3.8, 4) is 5.75 Å². The minimum atomic E-state index is -0.484. The van der Waals surface area contributed by atoms with Crippen molar-refractivity contribution in [2.45, 2.75) is 6.04 Å². The average molecular weight is 382 g/mol. The number of carbonyl (C=O) groups is 2. The molecule has 0 saturated carbocycles. The molecule has 26 heavy (non-hydrogen) atoms. The predicted molar refractivity (Wildman–Crippen MR) is 101 cm³/mol. The first kappa shape index (κ1) is 21.5. The zero-order valence-electron chi connectivity index (χ0n) is 15.0. The molecule has 2 rings (SSSR count). The highest BCUT2D eigenvalue weighted by molar-refractivity contribution is 5.94. The summed E-state index contributed by atoms with van der Waals surface area (Å²) < 4.78 is 6.73. The van der Waals surface area contributed by atoms with Gasteiger partial charge in [-0.3, -0.25) is 14.3 Å². The fraction of sp³-hybridized carbons (Fsp3) is 0.353. The van der Waals surface area contributed by atoms with E-state index in [-0.39, 0.29) is 24.2 Å². The van der Waals surface area contributed by atoms with Gasteiger partial charge in [0.1, 0.15) is 11.8 Å². The van der Waals surface area contributed by atoms with E-state index >= 15 is 0 Å². The molecular formula is C17H24ClN5O3. The minimum absolute atomic E-state index is 0. The zero-order chi connectivity index (χ0) is 18.2. The van der Waals surface area contributed by atoms with Crippen LogP contribution in [0.15, 0.2) is 36.7 Å². The van der Waals surface area contributed by atoms with Crippen LogP contribution in [0.1, 0.15) is 22.0 Å². The van der Waals surface area contributed by atoms with E-state index in [1.807, 2.05) is 0 Å². The lowest BCUT2D eigenvalue weighted by Gasteiger charge is -2.14. The van der Waals surface area contributed by atoms with Gasteiger partial charge in [0.2, 0.25) is 5.91 Å². The Morgan fingerprint density at radius 2 is 2.00 bits per heavy atom. The number of benzene rings is 1. The number of aromatic nitrogens is 2. The summed E-state index contributed by atoms with van der Waals surface area (Å²) in [5.41, 5.74) is 1.29. The number of nitrogens with zero attached hydrogens (tertiary/aromatic N) is 2. The molecule has 8 nitrogen and oxygen atoms in total. The number of amides is 2. The Kier molecular flexibility index (Phi) is 8.60. The second-order valence-electron chi connectivity index (χ2n) is 5.45. The summed E-state index contributed by atoms with van der Waals surface area (Å²) in [7, 11) is 5.05. The number of hydrogen-bond acceptors (Lipinski definition) is 5. The Morgan fingerprint density at radius 3 is 2.62 bits per heavy atom. The van der Waals surface area contributed by atoms with Gasteiger partial charge in [-0.2, -0.15) is 5.10 Å². The SMILES string of the molecule is CNC(C(=O)NCCNC(=O)c1cccc(OC)c1)c1cnn(C)c1.Cl. The summed E-state index contributed by atoms with van der Waals surface area (Å²) in [6.45, 7) is 0.651. The van der Waals surface area contributed by atoms with Crippen molar-refractivity contribution < 1.29 is 14.3 Å². The highest BCUT2D eigenvalue weighted by Gasteiger charge is 2.19. The third-order valence-corrected chi connectivity index (χ3v) is 3.65. The summed E-state index contributed by atoms with van der Waals surface area (Å²) in [6.07, 6.45) is 3.43. The van der Waals surface area contributed by atoms with E-state index in [0.29, 0.717) is 24.4 Å². The van der Waals surface area contributed by atoms with Crippen LogP contribution < -0.4 is 20.7 Å². The summed E-state index contributed by atoms with van der Waals surface area (Å²) in [4.78, 5) is 24.3. The fourth-order valence-electron chi connectivity index (χ4n) is 2.37. The number of ether oxygens (including phenoxy) is 1. The second kappa shape index (κ2) is 10.4. The first-order valence-electron chi connectivity index (χ1n) is 7.91. The molecule has 0 spiro atoms. The standard InChI is InChI=1S/C17H23N5O3.ClH/c1-18-15(13-10-21-22(2)11-13)17(24)20-8-7-19-16(23)12-5-4-6-14(9-12)25-3;/h4-6,9-11,15,18H,7-8H2,1-3H3,(H,19,23)(H,20,24);1H. The van der Waals surface area contributed by atoms with Crippen molar-refractivity contribution >= 4 is 24.2 Å². The Balaban J connectivity index is 0.00000338. The van der Waals surface area contributed by atoms with Gasteiger partial charge >= 0.3 is 0 Å². The summed E-state index contributed by atoms with van der Waals surface area (Å²) in [5.74, 6) is 0.228. The predicted octanol–water partition coefficient (Wildman–Crippen LogP) is 0.657. The van der Waals surface area contributed by atoms with E-state index in [9.17, 15) is 9.59 Å². The van der Waals surface area contributed by atoms with Crippen molar-refractivity contribution in [1.82, 2.24) is 25.7 Å². The maximum absolute atomic E-state index is 12.2. The van der Waals surface area contributed by atoms with E-state index in [0.717, 1.165) is 5.56 Å². The molecule has 1 aromatic heterocycles. The van der Waals surface area contributed by atoms with E-state index < -0.39 is 6.04 Å². The quantitative estimate of drug-likeness (QED) is 0.583. The number of hydrogen-bond donors (Lipinski definition) is 3. The van der Waals surface area contributed by atoms with Crippen LogP contribution in [0.5, 0.6) is 5.75 Å². The molecule has 0 saturated heterocycles. The Bertz CT molecular complexity index is 735. The van der Waals surface area contributed by atoms with Crippen molar-refractivity contribution in [3.63, 3.8) is 0 Å². The zero-order valence-corrected chi connectivity index (χ0v) is 15.8. The molecule has 1 aromatic carbocycles. The van der Waals surface area contributed by atoms with Gasteiger partial charge < -0.3 is 20.7 Å². The Hall–Kier alpha value is -2.58. The monoisotopic (exact) mass is 381 g/mol. The van der Waals surface area contributed by atoms with Crippen molar-refractivity contribution in [1.29, 1.82) is 0 Å². The van der Waals surface area contributed by atoms with Gasteiger partial charge in [0, 0.05) is 37.5 Å². The molecule has 1 heterocycles. The molecule has 2 amide bonds. The summed E-state index contributed by atoms with van der Waals surface area (Å²) in [5, 5.41) is 12.6. The number of likely N-dealkylation sites (N-methyl/N-ethyl adjacent to an activating group) is 1. The molecule has 0 aliphatic carbocycles. The second-order valence-corrected chi connectivity index (χ2v) is 5.45. The normalized spacial score (nSPS) is 11.2. The number of carbonyl (C=O) groups excluding carboxylic acids is 2. The smallest absolute Gasteiger partial charge is 0.251 e. The number of rotatable bonds is 8. The highest BCUT2D eigenvalue weighted by atomic mass is 35.5. The van der Waals surface area contributed by atoms with Crippen LogP contribution in [0.2, 0.25) is 0 Å². The average Bonchev–Trinajstić information content (AvgIpc) is 3.05. The lowest BCUT2D eigenvalue weighted by Crippen LogP contribution is -2.40. The van der Waals surface area contributed by atoms with Crippen LogP contribution in [0, 0.1) is 0 Å². The molecule has 0 aliphatic rings. The van der Waals surface area contributed by atoms with Crippen molar-refractivity contribution in [2.75, 3.05) is 27.2 Å². The molecule has 0 aliphatic heterocycles.